The summed E-state index contributed by atoms with van der Waals surface area (Å²) in [7, 11) is -0.497. The van der Waals surface area contributed by atoms with Crippen molar-refractivity contribution in [3.05, 3.63) is 151 Å². The van der Waals surface area contributed by atoms with E-state index in [4.69, 9.17) is 9.72 Å². The molecule has 0 aliphatic carbocycles. The summed E-state index contributed by atoms with van der Waals surface area (Å²) in [6, 6.07) is 47.6. The Labute approximate surface area is 239 Å². The highest BCUT2D eigenvalue weighted by Crippen LogP contribution is 2.52. The van der Waals surface area contributed by atoms with Gasteiger partial charge in [0.15, 0.2) is 0 Å². The zero-order valence-corrected chi connectivity index (χ0v) is 24.3. The first kappa shape index (κ1) is 26.0. The highest BCUT2D eigenvalue weighted by atomic mass is 28.3. The van der Waals surface area contributed by atoms with E-state index in [-0.39, 0.29) is 18.7 Å². The zero-order chi connectivity index (χ0) is 27.5. The van der Waals surface area contributed by atoms with Gasteiger partial charge in [-0.05, 0) is 35.4 Å². The van der Waals surface area contributed by atoms with Crippen molar-refractivity contribution in [1.29, 1.82) is 0 Å². The highest BCUT2D eigenvalue weighted by molar-refractivity contribution is 7.40. The number of pyridine rings is 1. The molecule has 4 nitrogen and oxygen atoms in total. The van der Waals surface area contributed by atoms with Crippen LogP contribution < -0.4 is 19.5 Å². The van der Waals surface area contributed by atoms with E-state index in [0.29, 0.717) is 0 Å². The summed E-state index contributed by atoms with van der Waals surface area (Å²) in [5.41, 5.74) is 3.63. The molecular formula is C34H34BN3OSi. The zero-order valence-electron chi connectivity index (χ0n) is 23.3. The Morgan fingerprint density at radius 2 is 1.15 bits per heavy atom. The third-order valence-corrected chi connectivity index (χ3v) is 11.8. The smallest absolute Gasteiger partial charge is 0.363 e. The third kappa shape index (κ3) is 4.58. The lowest BCUT2D eigenvalue weighted by molar-refractivity contribution is 0.414. The normalized spacial score (nSPS) is 17.2. The number of anilines is 2. The molecule has 40 heavy (non-hydrogen) atoms. The molecule has 0 unspecified atom stereocenters. The Morgan fingerprint density at radius 1 is 0.625 bits per heavy atom. The number of hydrogen-bond donors (Lipinski definition) is 0. The second kappa shape index (κ2) is 11.1. The molecule has 0 radical (unpaired) electrons. The summed E-state index contributed by atoms with van der Waals surface area (Å²) >= 11 is 0. The number of nitrogens with zero attached hydrogens (tertiary/aromatic N) is 3. The van der Waals surface area contributed by atoms with Crippen molar-refractivity contribution in [2.24, 2.45) is 0 Å². The molecule has 1 fully saturated rings. The van der Waals surface area contributed by atoms with Gasteiger partial charge in [0.25, 0.3) is 0 Å². The van der Waals surface area contributed by atoms with Gasteiger partial charge in [-0.25, -0.2) is 4.98 Å². The van der Waals surface area contributed by atoms with Crippen LogP contribution in [-0.2, 0) is 0 Å². The average Bonchev–Trinajstić information content (AvgIpc) is 3.40. The van der Waals surface area contributed by atoms with E-state index >= 15 is 0 Å². The van der Waals surface area contributed by atoms with Crippen molar-refractivity contribution < 1.29 is 4.74 Å². The summed E-state index contributed by atoms with van der Waals surface area (Å²) in [5, 5.41) is 1.40. The minimum absolute atomic E-state index is 0.0161. The second-order valence-electron chi connectivity index (χ2n) is 10.8. The summed E-state index contributed by atoms with van der Waals surface area (Å²) in [5.74, 6) is 1.86. The molecule has 2 heterocycles. The lowest BCUT2D eigenvalue weighted by Gasteiger charge is -2.40. The first-order chi connectivity index (χ1) is 19.6. The number of methoxy groups -OCH3 is 1. The van der Waals surface area contributed by atoms with Gasteiger partial charge in [-0.3, -0.25) is 0 Å². The minimum Gasteiger partial charge on any atom is -0.495 e. The van der Waals surface area contributed by atoms with Gasteiger partial charge in [0.1, 0.15) is 19.5 Å². The molecule has 2 atom stereocenters. The molecule has 0 saturated carbocycles. The molecule has 1 aliphatic rings. The quantitative estimate of drug-likeness (QED) is 0.207. The van der Waals surface area contributed by atoms with E-state index in [9.17, 15) is 0 Å². The van der Waals surface area contributed by atoms with Crippen LogP contribution in [-0.4, -0.2) is 26.6 Å². The largest absolute Gasteiger partial charge is 0.495 e. The molecule has 0 amide bonds. The fraction of sp³-hybridized carbons (Fsp3) is 0.147. The van der Waals surface area contributed by atoms with Gasteiger partial charge in [-0.2, -0.15) is 0 Å². The van der Waals surface area contributed by atoms with E-state index in [1.54, 1.807) is 7.11 Å². The van der Waals surface area contributed by atoms with Crippen LogP contribution in [0.1, 0.15) is 23.2 Å². The van der Waals surface area contributed by atoms with Crippen molar-refractivity contribution in [1.82, 2.24) is 4.98 Å². The molecule has 0 N–H and O–H groups in total. The Hall–Kier alpha value is -4.29. The van der Waals surface area contributed by atoms with Gasteiger partial charge >= 0.3 is 6.57 Å². The SMILES string of the molecule is COc1ccccc1N1B([Si](C)(C)c2ccccc2)N(c2ccccn2)[C@@H](c2ccccc2)[C@@H]1c1ccccc1. The molecule has 6 heteroatoms. The van der Waals surface area contributed by atoms with E-state index in [2.05, 4.69) is 150 Å². The fourth-order valence-electron chi connectivity index (χ4n) is 6.34. The summed E-state index contributed by atoms with van der Waals surface area (Å²) in [6.07, 6.45) is 1.91. The Morgan fingerprint density at radius 3 is 1.73 bits per heavy atom. The van der Waals surface area contributed by atoms with Crippen molar-refractivity contribution >= 4 is 31.2 Å². The lowest BCUT2D eigenvalue weighted by Crippen LogP contribution is -2.68. The maximum Gasteiger partial charge on any atom is 0.363 e. The van der Waals surface area contributed by atoms with Crippen LogP contribution in [0, 0.1) is 0 Å². The molecule has 5 aromatic rings. The lowest BCUT2D eigenvalue weighted by atomic mass is 9.92. The van der Waals surface area contributed by atoms with Gasteiger partial charge in [0.2, 0.25) is 0 Å². The number of para-hydroxylation sites is 2. The Bertz CT molecular complexity index is 1540. The number of hydrogen-bond acceptors (Lipinski definition) is 4. The number of rotatable bonds is 7. The second-order valence-corrected chi connectivity index (χ2v) is 15.4. The number of ether oxygens (including phenoxy) is 1. The fourth-order valence-corrected chi connectivity index (χ4v) is 9.67. The van der Waals surface area contributed by atoms with E-state index in [1.165, 1.54) is 16.3 Å². The minimum atomic E-state index is -2.27. The molecule has 198 valence electrons. The molecule has 0 bridgehead atoms. The monoisotopic (exact) mass is 539 g/mol. The van der Waals surface area contributed by atoms with Crippen LogP contribution in [0.4, 0.5) is 11.5 Å². The molecule has 1 aromatic heterocycles. The van der Waals surface area contributed by atoms with E-state index in [0.717, 1.165) is 17.3 Å². The van der Waals surface area contributed by atoms with Gasteiger partial charge in [0.05, 0.1) is 24.9 Å². The van der Waals surface area contributed by atoms with Gasteiger partial charge in [-0.15, -0.1) is 0 Å². The third-order valence-electron chi connectivity index (χ3n) is 8.15. The van der Waals surface area contributed by atoms with Crippen molar-refractivity contribution in [2.45, 2.75) is 25.2 Å². The Kier molecular flexibility index (Phi) is 7.18. The topological polar surface area (TPSA) is 28.6 Å². The summed E-state index contributed by atoms with van der Waals surface area (Å²) in [6.45, 7) is 5.01. The molecule has 4 aromatic carbocycles. The average molecular weight is 540 g/mol. The van der Waals surface area contributed by atoms with Crippen LogP contribution >= 0.6 is 0 Å². The predicted molar refractivity (Wildman–Crippen MR) is 170 cm³/mol. The van der Waals surface area contributed by atoms with E-state index in [1.807, 2.05) is 12.3 Å². The standard InChI is InChI=1S/C34H34BN3OSi/c1-39-31-24-14-13-23-30(31)37-33(27-17-7-4-8-18-27)34(28-19-9-5-10-20-28)38(32-25-15-16-26-36-32)35(37)40(2,3)29-21-11-6-12-22-29/h4-26,33-34H,1-3H3/t33-,34-/m0/s1. The summed E-state index contributed by atoms with van der Waals surface area (Å²) in [4.78, 5) is 10.2. The van der Waals surface area contributed by atoms with Gasteiger partial charge in [0, 0.05) is 6.20 Å². The molecule has 1 aliphatic heterocycles. The van der Waals surface area contributed by atoms with Crippen molar-refractivity contribution in [2.75, 3.05) is 16.7 Å². The first-order valence-corrected chi connectivity index (χ1v) is 16.9. The molecule has 6 rings (SSSR count). The van der Waals surface area contributed by atoms with Crippen molar-refractivity contribution in [3.8, 4) is 5.75 Å². The maximum absolute atomic E-state index is 6.03. The Balaban J connectivity index is 1.70. The molecule has 0 spiro atoms. The van der Waals surface area contributed by atoms with Crippen LogP contribution in [0.15, 0.2) is 140 Å². The molecular weight excluding hydrogens is 505 g/mol. The van der Waals surface area contributed by atoms with Crippen LogP contribution in [0.25, 0.3) is 0 Å². The maximum atomic E-state index is 6.03. The first-order valence-electron chi connectivity index (χ1n) is 13.9. The van der Waals surface area contributed by atoms with Gasteiger partial charge in [-0.1, -0.05) is 127 Å². The number of benzene rings is 4. The predicted octanol–water partition coefficient (Wildman–Crippen LogP) is 7.08. The summed E-state index contributed by atoms with van der Waals surface area (Å²) < 4.78 is 6.03. The number of aromatic nitrogens is 1. The highest BCUT2D eigenvalue weighted by Gasteiger charge is 2.59. The van der Waals surface area contributed by atoms with Crippen LogP contribution in [0.2, 0.25) is 13.1 Å². The van der Waals surface area contributed by atoms with Crippen molar-refractivity contribution in [3.63, 3.8) is 0 Å². The van der Waals surface area contributed by atoms with Gasteiger partial charge < -0.3 is 14.4 Å². The molecule has 1 saturated heterocycles. The van der Waals surface area contributed by atoms with Crippen LogP contribution in [0.3, 0.4) is 0 Å². The van der Waals surface area contributed by atoms with E-state index < -0.39 is 7.94 Å². The van der Waals surface area contributed by atoms with Crippen LogP contribution in [0.5, 0.6) is 5.75 Å².